The van der Waals surface area contributed by atoms with Gasteiger partial charge in [0.15, 0.2) is 0 Å². The summed E-state index contributed by atoms with van der Waals surface area (Å²) in [6, 6.07) is 18.4. The highest BCUT2D eigenvalue weighted by atomic mass is 16.5. The van der Waals surface area contributed by atoms with Crippen LogP contribution in [0.25, 0.3) is 11.1 Å². The van der Waals surface area contributed by atoms with Crippen LogP contribution in [-0.4, -0.2) is 5.16 Å². The molecule has 0 fully saturated rings. The molecule has 0 aliphatic heterocycles. The Hall–Kier alpha value is -2.59. The Kier molecular flexibility index (Phi) is 4.21. The maximum atomic E-state index is 5.25. The summed E-state index contributed by atoms with van der Waals surface area (Å²) in [5.74, 6) is 0.852. The second-order valence-corrected chi connectivity index (χ2v) is 5.24. The van der Waals surface area contributed by atoms with Crippen LogP contribution in [0.15, 0.2) is 59.1 Å². The van der Waals surface area contributed by atoms with E-state index in [2.05, 4.69) is 40.3 Å². The largest absolute Gasteiger partial charge is 0.361 e. The van der Waals surface area contributed by atoms with Gasteiger partial charge in [0.2, 0.25) is 0 Å². The summed E-state index contributed by atoms with van der Waals surface area (Å²) in [4.78, 5) is 0. The third kappa shape index (κ3) is 3.18. The molecule has 0 aliphatic carbocycles. The number of aromatic nitrogens is 1. The van der Waals surface area contributed by atoms with Gasteiger partial charge in [0, 0.05) is 17.8 Å². The molecule has 0 atom stereocenters. The zero-order chi connectivity index (χ0) is 15.4. The number of aryl methyl sites for hydroxylation is 2. The van der Waals surface area contributed by atoms with Gasteiger partial charge in [0.1, 0.15) is 5.76 Å². The predicted molar refractivity (Wildman–Crippen MR) is 88.3 cm³/mol. The average molecular weight is 293 g/mol. The molecule has 3 rings (SSSR count). The highest BCUT2D eigenvalue weighted by molar-refractivity contribution is 5.68. The van der Waals surface area contributed by atoms with E-state index in [-0.39, 0.29) is 0 Å². The first-order valence-corrected chi connectivity index (χ1v) is 7.30. The van der Waals surface area contributed by atoms with Crippen molar-refractivity contribution in [2.75, 3.05) is 5.43 Å². The maximum Gasteiger partial charge on any atom is 0.141 e. The van der Waals surface area contributed by atoms with Crippen molar-refractivity contribution in [3.05, 3.63) is 71.6 Å². The lowest BCUT2D eigenvalue weighted by atomic mass is 10.0. The molecule has 3 aromatic rings. The fraction of sp³-hybridized carbons (Fsp3) is 0.167. The number of rotatable bonds is 5. The van der Waals surface area contributed by atoms with Crippen LogP contribution >= 0.6 is 0 Å². The van der Waals surface area contributed by atoms with Gasteiger partial charge in [-0.1, -0.05) is 41.6 Å². The van der Waals surface area contributed by atoms with E-state index in [1.807, 2.05) is 44.2 Å². The monoisotopic (exact) mass is 293 g/mol. The van der Waals surface area contributed by atoms with Crippen molar-refractivity contribution in [1.29, 1.82) is 0 Å². The molecule has 22 heavy (non-hydrogen) atoms. The Labute approximate surface area is 130 Å². The second kappa shape index (κ2) is 6.45. The molecule has 0 saturated heterocycles. The Morgan fingerprint density at radius 3 is 2.55 bits per heavy atom. The minimum Gasteiger partial charge on any atom is -0.361 e. The van der Waals surface area contributed by atoms with Gasteiger partial charge in [-0.2, -0.15) is 0 Å². The van der Waals surface area contributed by atoms with E-state index in [9.17, 15) is 0 Å². The zero-order valence-electron chi connectivity index (χ0n) is 12.8. The molecule has 0 bridgehead atoms. The standard InChI is InChI=1S/C18H19N3O/c1-13-18(14(2)22-21-13)16-8-6-7-15(11-16)12-19-20-17-9-4-3-5-10-17/h3-11,19-20H,12H2,1-2H3. The molecule has 4 heteroatoms. The Morgan fingerprint density at radius 2 is 1.82 bits per heavy atom. The van der Waals surface area contributed by atoms with Gasteiger partial charge in [-0.25, -0.2) is 5.43 Å². The van der Waals surface area contributed by atoms with Crippen molar-refractivity contribution in [3.63, 3.8) is 0 Å². The molecule has 0 spiro atoms. The number of anilines is 1. The summed E-state index contributed by atoms with van der Waals surface area (Å²) >= 11 is 0. The van der Waals surface area contributed by atoms with Crippen LogP contribution in [0.4, 0.5) is 5.69 Å². The minimum absolute atomic E-state index is 0.728. The number of hydrogen-bond acceptors (Lipinski definition) is 4. The van der Waals surface area contributed by atoms with Crippen LogP contribution in [0.2, 0.25) is 0 Å². The molecule has 0 saturated carbocycles. The zero-order valence-corrected chi connectivity index (χ0v) is 12.8. The first kappa shape index (κ1) is 14.4. The molecule has 1 heterocycles. The van der Waals surface area contributed by atoms with Gasteiger partial charge in [-0.05, 0) is 43.2 Å². The van der Waals surface area contributed by atoms with E-state index < -0.39 is 0 Å². The Morgan fingerprint density at radius 1 is 1.00 bits per heavy atom. The van der Waals surface area contributed by atoms with E-state index in [0.717, 1.165) is 34.8 Å². The van der Waals surface area contributed by atoms with E-state index >= 15 is 0 Å². The highest BCUT2D eigenvalue weighted by Gasteiger charge is 2.11. The lowest BCUT2D eigenvalue weighted by Crippen LogP contribution is -2.20. The molecule has 112 valence electrons. The predicted octanol–water partition coefficient (Wildman–Crippen LogP) is 4.08. The molecule has 0 radical (unpaired) electrons. The smallest absolute Gasteiger partial charge is 0.141 e. The molecule has 2 N–H and O–H groups in total. The van der Waals surface area contributed by atoms with Crippen LogP contribution in [-0.2, 0) is 6.54 Å². The third-order valence-corrected chi connectivity index (χ3v) is 3.55. The summed E-state index contributed by atoms with van der Waals surface area (Å²) in [5.41, 5.74) is 11.8. The first-order chi connectivity index (χ1) is 10.7. The van der Waals surface area contributed by atoms with Crippen molar-refractivity contribution >= 4 is 5.69 Å². The van der Waals surface area contributed by atoms with Gasteiger partial charge in [-0.3, -0.25) is 0 Å². The van der Waals surface area contributed by atoms with Gasteiger partial charge < -0.3 is 9.95 Å². The van der Waals surface area contributed by atoms with Crippen molar-refractivity contribution in [2.24, 2.45) is 0 Å². The van der Waals surface area contributed by atoms with Gasteiger partial charge >= 0.3 is 0 Å². The van der Waals surface area contributed by atoms with Crippen molar-refractivity contribution < 1.29 is 4.52 Å². The minimum atomic E-state index is 0.728. The molecule has 2 aromatic carbocycles. The maximum absolute atomic E-state index is 5.25. The van der Waals surface area contributed by atoms with Gasteiger partial charge in [0.05, 0.1) is 5.69 Å². The third-order valence-electron chi connectivity index (χ3n) is 3.55. The normalized spacial score (nSPS) is 10.6. The number of nitrogens with one attached hydrogen (secondary N) is 2. The fourth-order valence-corrected chi connectivity index (χ4v) is 2.50. The lowest BCUT2D eigenvalue weighted by Gasteiger charge is -2.09. The van der Waals surface area contributed by atoms with Gasteiger partial charge in [-0.15, -0.1) is 0 Å². The number of hydrogen-bond donors (Lipinski definition) is 2. The van der Waals surface area contributed by atoms with Crippen molar-refractivity contribution in [1.82, 2.24) is 10.6 Å². The highest BCUT2D eigenvalue weighted by Crippen LogP contribution is 2.27. The quantitative estimate of drug-likeness (QED) is 0.696. The van der Waals surface area contributed by atoms with Crippen molar-refractivity contribution in [3.8, 4) is 11.1 Å². The second-order valence-electron chi connectivity index (χ2n) is 5.24. The van der Waals surface area contributed by atoms with Crippen LogP contribution in [0.1, 0.15) is 17.0 Å². The first-order valence-electron chi connectivity index (χ1n) is 7.30. The SMILES string of the molecule is Cc1noc(C)c1-c1cccc(CNNc2ccccc2)c1. The molecule has 4 nitrogen and oxygen atoms in total. The van der Waals surface area contributed by atoms with E-state index in [1.165, 1.54) is 5.56 Å². The molecule has 0 unspecified atom stereocenters. The summed E-state index contributed by atoms with van der Waals surface area (Å²) in [6.07, 6.45) is 0. The van der Waals surface area contributed by atoms with E-state index in [1.54, 1.807) is 0 Å². The Bertz CT molecular complexity index is 731. The molecule has 1 aromatic heterocycles. The topological polar surface area (TPSA) is 50.1 Å². The van der Waals surface area contributed by atoms with Gasteiger partial charge in [0.25, 0.3) is 0 Å². The van der Waals surface area contributed by atoms with E-state index in [4.69, 9.17) is 4.52 Å². The fourth-order valence-electron chi connectivity index (χ4n) is 2.50. The van der Waals surface area contributed by atoms with Crippen LogP contribution in [0.3, 0.4) is 0 Å². The number of benzene rings is 2. The van der Waals surface area contributed by atoms with Crippen LogP contribution in [0.5, 0.6) is 0 Å². The van der Waals surface area contributed by atoms with Crippen molar-refractivity contribution in [2.45, 2.75) is 20.4 Å². The molecule has 0 amide bonds. The van der Waals surface area contributed by atoms with Crippen LogP contribution in [0, 0.1) is 13.8 Å². The molecular formula is C18H19N3O. The number of hydrazine groups is 1. The lowest BCUT2D eigenvalue weighted by molar-refractivity contribution is 0.393. The van der Waals surface area contributed by atoms with Crippen LogP contribution < -0.4 is 10.9 Å². The summed E-state index contributed by atoms with van der Waals surface area (Å²) in [5, 5.41) is 4.02. The molecule has 0 aliphatic rings. The Balaban J connectivity index is 1.69. The summed E-state index contributed by atoms with van der Waals surface area (Å²) < 4.78 is 5.25. The number of para-hydroxylation sites is 1. The molecular weight excluding hydrogens is 274 g/mol. The van der Waals surface area contributed by atoms with E-state index in [0.29, 0.717) is 0 Å². The summed E-state index contributed by atoms with van der Waals surface area (Å²) in [6.45, 7) is 4.64. The number of nitrogens with zero attached hydrogens (tertiary/aromatic N) is 1. The average Bonchev–Trinajstić information content (AvgIpc) is 2.88. The summed E-state index contributed by atoms with van der Waals surface area (Å²) in [7, 11) is 0.